The van der Waals surface area contributed by atoms with E-state index in [9.17, 15) is 14.3 Å². The van der Waals surface area contributed by atoms with Crippen LogP contribution < -0.4 is 5.32 Å². The van der Waals surface area contributed by atoms with Crippen molar-refractivity contribution in [1.82, 2.24) is 5.32 Å². The molecule has 0 fully saturated rings. The Kier molecular flexibility index (Phi) is 7.39. The summed E-state index contributed by atoms with van der Waals surface area (Å²) in [7, 11) is -4.09. The number of hydrogen-bond donors (Lipinski definition) is 2. The van der Waals surface area contributed by atoms with Gasteiger partial charge < -0.3 is 19.5 Å². The van der Waals surface area contributed by atoms with E-state index < -0.39 is 19.5 Å². The SMILES string of the molecule is CC(C)C(NC(=O)OCc1ccccc1)P(=O)(O)OCc1ccccc1. The maximum Gasteiger partial charge on any atom is 0.408 e. The van der Waals surface area contributed by atoms with Crippen LogP contribution in [0.3, 0.4) is 0 Å². The van der Waals surface area contributed by atoms with Gasteiger partial charge in [0.2, 0.25) is 0 Å². The van der Waals surface area contributed by atoms with Crippen molar-refractivity contribution in [3.63, 3.8) is 0 Å². The van der Waals surface area contributed by atoms with Gasteiger partial charge in [-0.15, -0.1) is 0 Å². The normalized spacial score (nSPS) is 14.5. The predicted molar refractivity (Wildman–Crippen MR) is 99.4 cm³/mol. The third-order valence-electron chi connectivity index (χ3n) is 3.72. The Morgan fingerprint density at radius 2 is 1.50 bits per heavy atom. The van der Waals surface area contributed by atoms with Crippen LogP contribution in [0, 0.1) is 5.92 Å². The summed E-state index contributed by atoms with van der Waals surface area (Å²) in [5.41, 5.74) is 1.60. The highest BCUT2D eigenvalue weighted by Crippen LogP contribution is 2.49. The first-order chi connectivity index (χ1) is 12.4. The average molecular weight is 377 g/mol. The lowest BCUT2D eigenvalue weighted by Crippen LogP contribution is -2.39. The first-order valence-electron chi connectivity index (χ1n) is 8.36. The van der Waals surface area contributed by atoms with E-state index in [2.05, 4.69) is 5.32 Å². The van der Waals surface area contributed by atoms with Crippen molar-refractivity contribution in [2.75, 3.05) is 0 Å². The molecule has 0 aliphatic carbocycles. The highest BCUT2D eigenvalue weighted by molar-refractivity contribution is 7.53. The summed E-state index contributed by atoms with van der Waals surface area (Å²) < 4.78 is 23.0. The monoisotopic (exact) mass is 377 g/mol. The van der Waals surface area contributed by atoms with Gasteiger partial charge in [-0.25, -0.2) is 4.79 Å². The van der Waals surface area contributed by atoms with E-state index in [0.29, 0.717) is 0 Å². The Balaban J connectivity index is 1.93. The molecule has 7 heteroatoms. The van der Waals surface area contributed by atoms with Crippen LogP contribution in [0.4, 0.5) is 4.79 Å². The first-order valence-corrected chi connectivity index (χ1v) is 10.0. The number of rotatable bonds is 8. The van der Waals surface area contributed by atoms with E-state index in [1.807, 2.05) is 48.5 Å². The summed E-state index contributed by atoms with van der Waals surface area (Å²) in [5.74, 6) is -1.37. The molecule has 6 nitrogen and oxygen atoms in total. The zero-order valence-electron chi connectivity index (χ0n) is 14.9. The third-order valence-corrected chi connectivity index (χ3v) is 5.65. The van der Waals surface area contributed by atoms with E-state index >= 15 is 0 Å². The molecule has 0 spiro atoms. The van der Waals surface area contributed by atoms with Crippen LogP contribution in [-0.4, -0.2) is 16.8 Å². The molecule has 2 atom stereocenters. The Bertz CT molecular complexity index is 736. The van der Waals surface area contributed by atoms with E-state index in [4.69, 9.17) is 9.26 Å². The summed E-state index contributed by atoms with van der Waals surface area (Å²) in [6, 6.07) is 18.3. The molecule has 0 bridgehead atoms. The molecule has 2 unspecified atom stereocenters. The maximum absolute atomic E-state index is 12.6. The molecule has 2 N–H and O–H groups in total. The van der Waals surface area contributed by atoms with E-state index in [-0.39, 0.29) is 19.1 Å². The minimum Gasteiger partial charge on any atom is -0.445 e. The summed E-state index contributed by atoms with van der Waals surface area (Å²) in [5, 5.41) is 2.46. The summed E-state index contributed by atoms with van der Waals surface area (Å²) in [4.78, 5) is 22.3. The molecule has 2 rings (SSSR count). The van der Waals surface area contributed by atoms with Gasteiger partial charge in [0.1, 0.15) is 12.4 Å². The predicted octanol–water partition coefficient (Wildman–Crippen LogP) is 4.30. The largest absolute Gasteiger partial charge is 0.445 e. The number of benzene rings is 2. The van der Waals surface area contributed by atoms with Crippen LogP contribution in [0.5, 0.6) is 0 Å². The van der Waals surface area contributed by atoms with E-state index in [1.54, 1.807) is 26.0 Å². The molecule has 2 aromatic rings. The molecule has 26 heavy (non-hydrogen) atoms. The lowest BCUT2D eigenvalue weighted by molar-refractivity contribution is 0.133. The van der Waals surface area contributed by atoms with Crippen LogP contribution in [0.1, 0.15) is 25.0 Å². The number of ether oxygens (including phenoxy) is 1. The van der Waals surface area contributed by atoms with Gasteiger partial charge in [0, 0.05) is 0 Å². The second-order valence-electron chi connectivity index (χ2n) is 6.22. The lowest BCUT2D eigenvalue weighted by atomic mass is 10.2. The fraction of sp³-hybridized carbons (Fsp3) is 0.316. The van der Waals surface area contributed by atoms with Crippen molar-refractivity contribution < 1.29 is 23.5 Å². The molecule has 0 saturated heterocycles. The van der Waals surface area contributed by atoms with Crippen LogP contribution in [-0.2, 0) is 27.0 Å². The fourth-order valence-electron chi connectivity index (χ4n) is 2.33. The van der Waals surface area contributed by atoms with Gasteiger partial charge in [0.25, 0.3) is 0 Å². The molecule has 0 radical (unpaired) electrons. The van der Waals surface area contributed by atoms with Gasteiger partial charge in [0.05, 0.1) is 6.61 Å². The summed E-state index contributed by atoms with van der Waals surface area (Å²) >= 11 is 0. The molecular formula is C19H24NO5P. The van der Waals surface area contributed by atoms with Gasteiger partial charge in [-0.3, -0.25) is 4.57 Å². The molecule has 2 aromatic carbocycles. The minimum absolute atomic E-state index is 0.0153. The number of carbonyl (C=O) groups excluding carboxylic acids is 1. The average Bonchev–Trinajstić information content (AvgIpc) is 2.64. The zero-order chi connectivity index (χ0) is 19.0. The Hall–Kier alpha value is -2.14. The van der Waals surface area contributed by atoms with Crippen molar-refractivity contribution in [3.05, 3.63) is 71.8 Å². The van der Waals surface area contributed by atoms with Crippen molar-refractivity contribution >= 4 is 13.7 Å². The number of nitrogens with one attached hydrogen (secondary N) is 1. The highest BCUT2D eigenvalue weighted by Gasteiger charge is 2.36. The van der Waals surface area contributed by atoms with Gasteiger partial charge in [-0.05, 0) is 17.0 Å². The third kappa shape index (κ3) is 6.30. The van der Waals surface area contributed by atoms with Gasteiger partial charge >= 0.3 is 13.7 Å². The number of alkyl carbamates (subject to hydrolysis) is 1. The second kappa shape index (κ2) is 9.53. The van der Waals surface area contributed by atoms with Crippen molar-refractivity contribution in [2.24, 2.45) is 5.92 Å². The van der Waals surface area contributed by atoms with E-state index in [0.717, 1.165) is 11.1 Å². The molecule has 0 aromatic heterocycles. The first kappa shape index (κ1) is 20.2. The molecule has 0 aliphatic rings. The van der Waals surface area contributed by atoms with Crippen molar-refractivity contribution in [1.29, 1.82) is 0 Å². The van der Waals surface area contributed by atoms with Crippen LogP contribution >= 0.6 is 7.60 Å². The Morgan fingerprint density at radius 1 is 1.00 bits per heavy atom. The van der Waals surface area contributed by atoms with Crippen LogP contribution in [0.25, 0.3) is 0 Å². The van der Waals surface area contributed by atoms with Crippen molar-refractivity contribution in [2.45, 2.75) is 32.8 Å². The van der Waals surface area contributed by atoms with Crippen LogP contribution in [0.2, 0.25) is 0 Å². The summed E-state index contributed by atoms with van der Waals surface area (Å²) in [6.45, 7) is 3.53. The highest BCUT2D eigenvalue weighted by atomic mass is 31.2. The lowest BCUT2D eigenvalue weighted by Gasteiger charge is -2.26. The maximum atomic E-state index is 12.6. The zero-order valence-corrected chi connectivity index (χ0v) is 15.8. The Labute approximate surface area is 153 Å². The van der Waals surface area contributed by atoms with Gasteiger partial charge in [0.15, 0.2) is 0 Å². The van der Waals surface area contributed by atoms with Crippen LogP contribution in [0.15, 0.2) is 60.7 Å². The Morgan fingerprint density at radius 3 is 2.00 bits per heavy atom. The smallest absolute Gasteiger partial charge is 0.408 e. The fourth-order valence-corrected chi connectivity index (χ4v) is 3.85. The summed E-state index contributed by atoms with van der Waals surface area (Å²) in [6.07, 6.45) is -0.759. The van der Waals surface area contributed by atoms with E-state index in [1.165, 1.54) is 0 Å². The topological polar surface area (TPSA) is 84.9 Å². The molecule has 140 valence electrons. The molecular weight excluding hydrogens is 353 g/mol. The minimum atomic E-state index is -4.09. The quantitative estimate of drug-likeness (QED) is 0.670. The number of hydrogen-bond acceptors (Lipinski definition) is 4. The second-order valence-corrected chi connectivity index (χ2v) is 8.16. The molecule has 0 aliphatic heterocycles. The molecule has 0 saturated carbocycles. The van der Waals surface area contributed by atoms with Gasteiger partial charge in [-0.2, -0.15) is 0 Å². The number of carbonyl (C=O) groups is 1. The molecule has 0 heterocycles. The van der Waals surface area contributed by atoms with Crippen molar-refractivity contribution in [3.8, 4) is 0 Å². The van der Waals surface area contributed by atoms with Gasteiger partial charge in [-0.1, -0.05) is 74.5 Å². The number of amides is 1. The standard InChI is InChI=1S/C19H24NO5P/c1-15(2)18(20-19(21)24-13-16-9-5-3-6-10-16)26(22,23)25-14-17-11-7-4-8-12-17/h3-12,15,18H,13-14H2,1-2H3,(H,20,21)(H,22,23). The molecule has 1 amide bonds.